The van der Waals surface area contributed by atoms with E-state index >= 15 is 0 Å². The van der Waals surface area contributed by atoms with Crippen LogP contribution in [0.5, 0.6) is 5.75 Å². The number of ether oxygens (including phenoxy) is 1. The maximum absolute atomic E-state index is 11.1. The molecule has 0 radical (unpaired) electrons. The van der Waals surface area contributed by atoms with Crippen molar-refractivity contribution >= 4 is 29.1 Å². The lowest BCUT2D eigenvalue weighted by Crippen LogP contribution is -1.99. The van der Waals surface area contributed by atoms with Crippen LogP contribution in [0.1, 0.15) is 15.2 Å². The molecule has 0 aliphatic carbocycles. The Labute approximate surface area is 113 Å². The molecule has 5 heteroatoms. The SMILES string of the molecule is CSc1cc(OCc2ccccc2)c(C(=O)O)s1. The first-order valence-corrected chi connectivity index (χ1v) is 7.32. The van der Waals surface area contributed by atoms with E-state index in [0.717, 1.165) is 9.77 Å². The van der Waals surface area contributed by atoms with E-state index in [1.807, 2.05) is 36.6 Å². The molecule has 1 aromatic carbocycles. The number of thiophene rings is 1. The largest absolute Gasteiger partial charge is 0.487 e. The molecular weight excluding hydrogens is 268 g/mol. The third kappa shape index (κ3) is 3.05. The van der Waals surface area contributed by atoms with Gasteiger partial charge < -0.3 is 9.84 Å². The zero-order valence-corrected chi connectivity index (χ0v) is 11.4. The number of carboxylic acids is 1. The molecule has 1 N–H and O–H groups in total. The highest BCUT2D eigenvalue weighted by molar-refractivity contribution is 8.00. The van der Waals surface area contributed by atoms with Gasteiger partial charge in [-0.05, 0) is 11.8 Å². The predicted octanol–water partition coefficient (Wildman–Crippen LogP) is 3.75. The molecule has 0 fully saturated rings. The molecule has 1 aromatic heterocycles. The highest BCUT2D eigenvalue weighted by Gasteiger charge is 2.16. The van der Waals surface area contributed by atoms with Gasteiger partial charge in [-0.15, -0.1) is 23.1 Å². The molecule has 2 aromatic rings. The lowest BCUT2D eigenvalue weighted by atomic mass is 10.2. The normalized spacial score (nSPS) is 10.3. The molecule has 0 bridgehead atoms. The summed E-state index contributed by atoms with van der Waals surface area (Å²) in [5.74, 6) is -0.496. The second-order valence-electron chi connectivity index (χ2n) is 3.54. The van der Waals surface area contributed by atoms with Gasteiger partial charge in [0.25, 0.3) is 0 Å². The smallest absolute Gasteiger partial charge is 0.349 e. The fraction of sp³-hybridized carbons (Fsp3) is 0.154. The molecule has 0 saturated carbocycles. The maximum Gasteiger partial charge on any atom is 0.349 e. The Morgan fingerprint density at radius 2 is 2.11 bits per heavy atom. The van der Waals surface area contributed by atoms with E-state index in [2.05, 4.69) is 0 Å². The van der Waals surface area contributed by atoms with Gasteiger partial charge in [0.1, 0.15) is 12.4 Å². The summed E-state index contributed by atoms with van der Waals surface area (Å²) in [4.78, 5) is 11.3. The van der Waals surface area contributed by atoms with Crippen LogP contribution in [0.15, 0.2) is 40.6 Å². The van der Waals surface area contributed by atoms with E-state index in [0.29, 0.717) is 12.4 Å². The molecule has 0 spiro atoms. The number of hydrogen-bond donors (Lipinski definition) is 1. The minimum absolute atomic E-state index is 0.260. The number of carbonyl (C=O) groups is 1. The fourth-order valence-electron chi connectivity index (χ4n) is 1.45. The van der Waals surface area contributed by atoms with Crippen molar-refractivity contribution in [1.29, 1.82) is 0 Å². The molecule has 18 heavy (non-hydrogen) atoms. The van der Waals surface area contributed by atoms with Crippen molar-refractivity contribution in [2.75, 3.05) is 6.26 Å². The monoisotopic (exact) mass is 280 g/mol. The van der Waals surface area contributed by atoms with Crippen molar-refractivity contribution in [3.05, 3.63) is 46.8 Å². The standard InChI is InChI=1S/C13H12O3S2/c1-17-11-7-10(12(18-11)13(14)15)16-8-9-5-3-2-4-6-9/h2-7H,8H2,1H3,(H,14,15). The Balaban J connectivity index is 2.13. The van der Waals surface area contributed by atoms with E-state index in [4.69, 9.17) is 9.84 Å². The number of rotatable bonds is 5. The van der Waals surface area contributed by atoms with Gasteiger partial charge in [-0.25, -0.2) is 4.79 Å². The Hall–Kier alpha value is -1.46. The van der Waals surface area contributed by atoms with Gasteiger partial charge >= 0.3 is 5.97 Å². The minimum atomic E-state index is -0.941. The second-order valence-corrected chi connectivity index (χ2v) is 5.70. The van der Waals surface area contributed by atoms with Crippen molar-refractivity contribution in [2.24, 2.45) is 0 Å². The molecule has 3 nitrogen and oxygen atoms in total. The highest BCUT2D eigenvalue weighted by Crippen LogP contribution is 2.35. The molecule has 0 unspecified atom stereocenters. The Bertz CT molecular complexity index is 534. The summed E-state index contributed by atoms with van der Waals surface area (Å²) < 4.78 is 6.52. The van der Waals surface area contributed by atoms with Gasteiger partial charge in [0.05, 0.1) is 4.21 Å². The van der Waals surface area contributed by atoms with Crippen LogP contribution in [-0.4, -0.2) is 17.3 Å². The van der Waals surface area contributed by atoms with Crippen molar-refractivity contribution in [3.8, 4) is 5.75 Å². The zero-order valence-electron chi connectivity index (χ0n) is 9.75. The lowest BCUT2D eigenvalue weighted by Gasteiger charge is -2.04. The van der Waals surface area contributed by atoms with Crippen molar-refractivity contribution in [2.45, 2.75) is 10.8 Å². The summed E-state index contributed by atoms with van der Waals surface area (Å²) in [6, 6.07) is 11.5. The molecule has 1 heterocycles. The van der Waals surface area contributed by atoms with Crippen LogP contribution in [-0.2, 0) is 6.61 Å². The average molecular weight is 280 g/mol. The van der Waals surface area contributed by atoms with Crippen LogP contribution in [0.2, 0.25) is 0 Å². The number of thioether (sulfide) groups is 1. The summed E-state index contributed by atoms with van der Waals surface area (Å²) in [5.41, 5.74) is 1.02. The first kappa shape index (κ1) is 13.0. The molecule has 94 valence electrons. The summed E-state index contributed by atoms with van der Waals surface area (Å²) in [6.45, 7) is 0.381. The molecule has 0 saturated heterocycles. The first-order valence-electron chi connectivity index (χ1n) is 5.28. The summed E-state index contributed by atoms with van der Waals surface area (Å²) in [5, 5.41) is 9.09. The zero-order chi connectivity index (χ0) is 13.0. The summed E-state index contributed by atoms with van der Waals surface area (Å²) in [7, 11) is 0. The average Bonchev–Trinajstić information content (AvgIpc) is 2.81. The first-order chi connectivity index (χ1) is 8.70. The van der Waals surface area contributed by atoms with Gasteiger partial charge in [-0.2, -0.15) is 0 Å². The summed E-state index contributed by atoms with van der Waals surface area (Å²) >= 11 is 2.76. The van der Waals surface area contributed by atoms with Crippen LogP contribution in [0.3, 0.4) is 0 Å². The van der Waals surface area contributed by atoms with E-state index < -0.39 is 5.97 Å². The molecular formula is C13H12O3S2. The molecule has 0 atom stereocenters. The van der Waals surface area contributed by atoms with E-state index in [1.165, 1.54) is 23.1 Å². The highest BCUT2D eigenvalue weighted by atomic mass is 32.2. The van der Waals surface area contributed by atoms with Crippen LogP contribution >= 0.6 is 23.1 Å². The second kappa shape index (κ2) is 5.93. The van der Waals surface area contributed by atoms with Gasteiger partial charge in [0, 0.05) is 6.07 Å². The number of carboxylic acid groups (broad SMARTS) is 1. The van der Waals surface area contributed by atoms with E-state index in [9.17, 15) is 4.79 Å². The number of benzene rings is 1. The van der Waals surface area contributed by atoms with Gasteiger partial charge in [-0.1, -0.05) is 30.3 Å². The predicted molar refractivity (Wildman–Crippen MR) is 73.8 cm³/mol. The van der Waals surface area contributed by atoms with Crippen LogP contribution in [0, 0.1) is 0 Å². The quantitative estimate of drug-likeness (QED) is 0.847. The van der Waals surface area contributed by atoms with Gasteiger partial charge in [-0.3, -0.25) is 0 Å². The van der Waals surface area contributed by atoms with Crippen molar-refractivity contribution in [1.82, 2.24) is 0 Å². The Morgan fingerprint density at radius 1 is 1.39 bits per heavy atom. The molecule has 0 aliphatic rings. The van der Waals surface area contributed by atoms with Gasteiger partial charge in [0.15, 0.2) is 4.88 Å². The van der Waals surface area contributed by atoms with Crippen LogP contribution < -0.4 is 4.74 Å². The van der Waals surface area contributed by atoms with E-state index in [-0.39, 0.29) is 4.88 Å². The molecule has 2 rings (SSSR count). The molecule has 0 amide bonds. The van der Waals surface area contributed by atoms with Gasteiger partial charge in [0.2, 0.25) is 0 Å². The lowest BCUT2D eigenvalue weighted by molar-refractivity contribution is 0.0697. The summed E-state index contributed by atoms with van der Waals surface area (Å²) in [6.07, 6.45) is 1.92. The third-order valence-electron chi connectivity index (χ3n) is 2.31. The maximum atomic E-state index is 11.1. The van der Waals surface area contributed by atoms with Crippen LogP contribution in [0.4, 0.5) is 0 Å². The fourth-order valence-corrected chi connectivity index (χ4v) is 2.93. The van der Waals surface area contributed by atoms with Crippen molar-refractivity contribution < 1.29 is 14.6 Å². The topological polar surface area (TPSA) is 46.5 Å². The Morgan fingerprint density at radius 3 is 2.72 bits per heavy atom. The van der Waals surface area contributed by atoms with Crippen molar-refractivity contribution in [3.63, 3.8) is 0 Å². The molecule has 0 aliphatic heterocycles. The Kier molecular flexibility index (Phi) is 4.28. The number of aromatic carboxylic acids is 1. The minimum Gasteiger partial charge on any atom is -0.487 e. The van der Waals surface area contributed by atoms with Crippen LogP contribution in [0.25, 0.3) is 0 Å². The third-order valence-corrected chi connectivity index (χ3v) is 4.48. The van der Waals surface area contributed by atoms with E-state index in [1.54, 1.807) is 6.07 Å². The number of hydrogen-bond acceptors (Lipinski definition) is 4.